The Hall–Kier alpha value is -1.86. The molecule has 0 spiro atoms. The first-order valence-electron chi connectivity index (χ1n) is 8.23. The largest absolute Gasteiger partial charge is 0.356 e. The minimum absolute atomic E-state index is 0.117. The number of hydrogen-bond donors (Lipinski definition) is 1. The van der Waals surface area contributed by atoms with Gasteiger partial charge in [0.1, 0.15) is 0 Å². The van der Waals surface area contributed by atoms with Gasteiger partial charge in [0.2, 0.25) is 5.91 Å². The molecule has 3 rings (SSSR count). The van der Waals surface area contributed by atoms with E-state index in [2.05, 4.69) is 22.4 Å². The number of rotatable bonds is 5. The zero-order chi connectivity index (χ0) is 15.4. The maximum Gasteiger partial charge on any atom is 0.224 e. The van der Waals surface area contributed by atoms with Crippen LogP contribution in [0.15, 0.2) is 24.3 Å². The van der Waals surface area contributed by atoms with Gasteiger partial charge in [-0.25, -0.2) is 0 Å². The molecule has 1 amide bonds. The minimum atomic E-state index is 0.117. The Kier molecular flexibility index (Phi) is 4.74. The van der Waals surface area contributed by atoms with E-state index < -0.39 is 0 Å². The van der Waals surface area contributed by atoms with Crippen LogP contribution in [0.4, 0.5) is 0 Å². The lowest BCUT2D eigenvalue weighted by molar-refractivity contribution is -0.126. The van der Waals surface area contributed by atoms with Crippen LogP contribution in [0.2, 0.25) is 0 Å². The number of likely N-dealkylation sites (tertiary alicyclic amines) is 1. The van der Waals surface area contributed by atoms with Crippen LogP contribution in [0.3, 0.4) is 0 Å². The molecule has 1 heterocycles. The van der Waals surface area contributed by atoms with Crippen LogP contribution >= 0.6 is 0 Å². The number of piperidine rings is 1. The van der Waals surface area contributed by atoms with Crippen molar-refractivity contribution in [3.8, 4) is 6.07 Å². The molecule has 1 aliphatic heterocycles. The highest BCUT2D eigenvalue weighted by atomic mass is 16.1. The van der Waals surface area contributed by atoms with Crippen LogP contribution in [-0.2, 0) is 11.3 Å². The second-order valence-corrected chi connectivity index (χ2v) is 6.57. The van der Waals surface area contributed by atoms with Crippen molar-refractivity contribution >= 4 is 5.91 Å². The van der Waals surface area contributed by atoms with E-state index in [9.17, 15) is 4.79 Å². The Morgan fingerprint density at radius 1 is 1.36 bits per heavy atom. The predicted molar refractivity (Wildman–Crippen MR) is 84.9 cm³/mol. The number of nitriles is 1. The monoisotopic (exact) mass is 297 g/mol. The summed E-state index contributed by atoms with van der Waals surface area (Å²) in [4.78, 5) is 14.6. The molecule has 1 saturated heterocycles. The quantitative estimate of drug-likeness (QED) is 0.907. The number of nitrogens with one attached hydrogen (secondary N) is 1. The lowest BCUT2D eigenvalue weighted by Crippen LogP contribution is -2.43. The predicted octanol–water partition coefficient (Wildman–Crippen LogP) is 2.30. The number of amides is 1. The number of nitrogens with zero attached hydrogens (tertiary/aromatic N) is 2. The second kappa shape index (κ2) is 6.93. The van der Waals surface area contributed by atoms with Crippen molar-refractivity contribution in [1.29, 1.82) is 5.26 Å². The third kappa shape index (κ3) is 4.08. The average molecular weight is 297 g/mol. The molecule has 2 fully saturated rings. The van der Waals surface area contributed by atoms with Crippen molar-refractivity contribution in [1.82, 2.24) is 10.2 Å². The Labute approximate surface area is 132 Å². The third-order valence-corrected chi connectivity index (χ3v) is 4.60. The van der Waals surface area contributed by atoms with Crippen LogP contribution in [0, 0.1) is 23.2 Å². The Morgan fingerprint density at radius 2 is 2.23 bits per heavy atom. The normalized spacial score (nSPS) is 22.0. The summed E-state index contributed by atoms with van der Waals surface area (Å²) in [6.07, 6.45) is 4.60. The van der Waals surface area contributed by atoms with Crippen LogP contribution in [0.1, 0.15) is 36.8 Å². The van der Waals surface area contributed by atoms with Gasteiger partial charge in [0.25, 0.3) is 0 Å². The second-order valence-electron chi connectivity index (χ2n) is 6.57. The maximum atomic E-state index is 12.2. The molecule has 1 aliphatic carbocycles. The van der Waals surface area contributed by atoms with Crippen molar-refractivity contribution in [3.05, 3.63) is 35.4 Å². The smallest absolute Gasteiger partial charge is 0.224 e. The van der Waals surface area contributed by atoms with Gasteiger partial charge in [0, 0.05) is 19.6 Å². The summed E-state index contributed by atoms with van der Waals surface area (Å²) in [5, 5.41) is 12.1. The molecule has 1 N–H and O–H groups in total. The zero-order valence-corrected chi connectivity index (χ0v) is 12.9. The fraction of sp³-hybridized carbons (Fsp3) is 0.556. The van der Waals surface area contributed by atoms with E-state index in [1.807, 2.05) is 18.2 Å². The Bertz CT molecular complexity index is 574. The molecule has 0 aromatic heterocycles. The van der Waals surface area contributed by atoms with E-state index in [4.69, 9.17) is 5.26 Å². The van der Waals surface area contributed by atoms with Crippen molar-refractivity contribution in [3.63, 3.8) is 0 Å². The first-order chi connectivity index (χ1) is 10.7. The molecule has 0 unspecified atom stereocenters. The van der Waals surface area contributed by atoms with Gasteiger partial charge in [-0.05, 0) is 55.8 Å². The summed E-state index contributed by atoms with van der Waals surface area (Å²) in [6, 6.07) is 9.93. The van der Waals surface area contributed by atoms with Crippen molar-refractivity contribution < 1.29 is 4.79 Å². The topological polar surface area (TPSA) is 56.1 Å². The Morgan fingerprint density at radius 3 is 3.00 bits per heavy atom. The molecule has 1 aromatic rings. The van der Waals surface area contributed by atoms with E-state index in [0.29, 0.717) is 5.56 Å². The van der Waals surface area contributed by atoms with Gasteiger partial charge in [0.05, 0.1) is 17.6 Å². The number of carbonyl (C=O) groups excluding carboxylic acids is 1. The molecular formula is C18H23N3O. The van der Waals surface area contributed by atoms with E-state index in [-0.39, 0.29) is 11.8 Å². The molecule has 22 heavy (non-hydrogen) atoms. The molecule has 1 aromatic carbocycles. The first-order valence-corrected chi connectivity index (χ1v) is 8.23. The standard InChI is InChI=1S/C18H23N3O/c19-10-15-3-1-4-16(9-15)12-21-8-2-5-17(13-21)18(22)20-11-14-6-7-14/h1,3-4,9,14,17H,2,5-8,11-13H2,(H,20,22)/t17-/m1/s1. The van der Waals surface area contributed by atoms with E-state index >= 15 is 0 Å². The van der Waals surface area contributed by atoms with E-state index in [1.165, 1.54) is 12.8 Å². The van der Waals surface area contributed by atoms with E-state index in [1.54, 1.807) is 0 Å². The number of hydrogen-bond acceptors (Lipinski definition) is 3. The summed E-state index contributed by atoms with van der Waals surface area (Å²) in [5.74, 6) is 1.08. The maximum absolute atomic E-state index is 12.2. The number of carbonyl (C=O) groups is 1. The van der Waals surface area contributed by atoms with Gasteiger partial charge in [-0.2, -0.15) is 5.26 Å². The fourth-order valence-electron chi connectivity index (χ4n) is 3.12. The molecule has 1 atom stereocenters. The molecule has 1 saturated carbocycles. The summed E-state index contributed by atoms with van der Waals surface area (Å²) in [7, 11) is 0. The molecule has 0 radical (unpaired) electrons. The lowest BCUT2D eigenvalue weighted by atomic mass is 9.96. The number of benzene rings is 1. The highest BCUT2D eigenvalue weighted by Gasteiger charge is 2.27. The minimum Gasteiger partial charge on any atom is -0.356 e. The van der Waals surface area contributed by atoms with Crippen LogP contribution in [0.25, 0.3) is 0 Å². The zero-order valence-electron chi connectivity index (χ0n) is 12.9. The highest BCUT2D eigenvalue weighted by molar-refractivity contribution is 5.79. The molecule has 116 valence electrons. The van der Waals surface area contributed by atoms with Crippen LogP contribution in [0.5, 0.6) is 0 Å². The molecule has 4 heteroatoms. The van der Waals surface area contributed by atoms with Crippen LogP contribution < -0.4 is 5.32 Å². The molecule has 0 bridgehead atoms. The van der Waals surface area contributed by atoms with E-state index in [0.717, 1.165) is 50.5 Å². The average Bonchev–Trinajstić information content (AvgIpc) is 3.37. The molecule has 2 aliphatic rings. The van der Waals surface area contributed by atoms with Gasteiger partial charge >= 0.3 is 0 Å². The van der Waals surface area contributed by atoms with Gasteiger partial charge in [-0.3, -0.25) is 9.69 Å². The highest BCUT2D eigenvalue weighted by Crippen LogP contribution is 2.28. The van der Waals surface area contributed by atoms with Crippen LogP contribution in [-0.4, -0.2) is 30.4 Å². The summed E-state index contributed by atoms with van der Waals surface area (Å²) in [5.41, 5.74) is 1.85. The SMILES string of the molecule is N#Cc1cccc(CN2CCC[C@@H](C(=O)NCC3CC3)C2)c1. The van der Waals surface area contributed by atoms with Gasteiger partial charge in [0.15, 0.2) is 0 Å². The summed E-state index contributed by atoms with van der Waals surface area (Å²) >= 11 is 0. The van der Waals surface area contributed by atoms with Gasteiger partial charge in [-0.15, -0.1) is 0 Å². The van der Waals surface area contributed by atoms with Gasteiger partial charge in [-0.1, -0.05) is 12.1 Å². The summed E-state index contributed by atoms with van der Waals surface area (Å²) in [6.45, 7) is 3.54. The fourth-order valence-corrected chi connectivity index (χ4v) is 3.12. The first kappa shape index (κ1) is 15.1. The summed E-state index contributed by atoms with van der Waals surface area (Å²) < 4.78 is 0. The van der Waals surface area contributed by atoms with Crippen molar-refractivity contribution in [2.75, 3.05) is 19.6 Å². The Balaban J connectivity index is 1.53. The lowest BCUT2D eigenvalue weighted by Gasteiger charge is -2.32. The molecular weight excluding hydrogens is 274 g/mol. The van der Waals surface area contributed by atoms with Crippen molar-refractivity contribution in [2.24, 2.45) is 11.8 Å². The van der Waals surface area contributed by atoms with Gasteiger partial charge < -0.3 is 5.32 Å². The van der Waals surface area contributed by atoms with Crippen molar-refractivity contribution in [2.45, 2.75) is 32.2 Å². The molecule has 4 nitrogen and oxygen atoms in total. The third-order valence-electron chi connectivity index (χ3n) is 4.60.